The van der Waals surface area contributed by atoms with Crippen molar-refractivity contribution in [3.05, 3.63) is 106 Å². The molecule has 0 saturated heterocycles. The van der Waals surface area contributed by atoms with Gasteiger partial charge in [-0.1, -0.05) is 35.4 Å². The van der Waals surface area contributed by atoms with Gasteiger partial charge in [0.05, 0.1) is 30.8 Å². The number of hydrogen-bond acceptors (Lipinski definition) is 5. The van der Waals surface area contributed by atoms with E-state index in [1.54, 1.807) is 0 Å². The van der Waals surface area contributed by atoms with E-state index < -0.39 is 0 Å². The minimum Gasteiger partial charge on any atom is -0.459 e. The van der Waals surface area contributed by atoms with Gasteiger partial charge in [-0.05, 0) is 70.2 Å². The van der Waals surface area contributed by atoms with Gasteiger partial charge >= 0.3 is 0 Å². The lowest BCUT2D eigenvalue weighted by atomic mass is 10.1. The fourth-order valence-electron chi connectivity index (χ4n) is 7.65. The van der Waals surface area contributed by atoms with E-state index in [9.17, 15) is 0 Å². The van der Waals surface area contributed by atoms with Gasteiger partial charge in [-0.25, -0.2) is 0 Å². The number of rotatable bonds is 2. The second kappa shape index (κ2) is 8.43. The molecule has 0 aliphatic heterocycles. The maximum Gasteiger partial charge on any atom is 0.170 e. The molecule has 0 radical (unpaired) electrons. The summed E-state index contributed by atoms with van der Waals surface area (Å²) in [4.78, 5) is 1.31. The molecule has 5 nitrogen and oxygen atoms in total. The molecular weight excluding hydrogens is 609 g/mol. The summed E-state index contributed by atoms with van der Waals surface area (Å²) in [5, 5.41) is 2.21. The van der Waals surface area contributed by atoms with Crippen molar-refractivity contribution in [3.63, 3.8) is 0 Å². The lowest BCUT2D eigenvalue weighted by Crippen LogP contribution is -1.95. The molecule has 1 aliphatic rings. The minimum atomic E-state index is 0.761. The lowest BCUT2D eigenvalue weighted by Gasteiger charge is -2.08. The molecule has 0 spiro atoms. The number of furan rings is 3. The van der Waals surface area contributed by atoms with Crippen LogP contribution in [0.15, 0.2) is 86.0 Å². The van der Waals surface area contributed by atoms with Gasteiger partial charge in [0.25, 0.3) is 0 Å². The largest absolute Gasteiger partial charge is 0.459 e. The Hall–Kier alpha value is -4.98. The average Bonchev–Trinajstić information content (AvgIpc) is 3.89. The summed E-state index contributed by atoms with van der Waals surface area (Å²) in [5.74, 6) is 1.84. The molecule has 0 unspecified atom stereocenters. The van der Waals surface area contributed by atoms with Crippen LogP contribution in [0.2, 0.25) is 0 Å². The zero-order valence-electron chi connectivity index (χ0n) is 25.6. The molecule has 0 N–H and O–H groups in total. The van der Waals surface area contributed by atoms with Crippen LogP contribution in [0.25, 0.3) is 86.6 Å². The van der Waals surface area contributed by atoms with Crippen molar-refractivity contribution in [2.45, 2.75) is 34.1 Å². The number of aromatic nitrogens is 2. The van der Waals surface area contributed by atoms with Crippen molar-refractivity contribution >= 4 is 86.4 Å². The molecule has 7 aromatic heterocycles. The summed E-state index contributed by atoms with van der Waals surface area (Å²) in [6.07, 6.45) is 0.761. The van der Waals surface area contributed by atoms with Gasteiger partial charge in [0, 0.05) is 50.6 Å². The van der Waals surface area contributed by atoms with Gasteiger partial charge in [0.2, 0.25) is 0 Å². The van der Waals surface area contributed by atoms with Crippen molar-refractivity contribution in [3.8, 4) is 22.8 Å². The zero-order valence-corrected chi connectivity index (χ0v) is 27.2. The molecule has 222 valence electrons. The highest BCUT2D eigenvalue weighted by Gasteiger charge is 2.35. The Morgan fingerprint density at radius 1 is 0.587 bits per heavy atom. The normalized spacial score (nSPS) is 13.1. The highest BCUT2D eigenvalue weighted by molar-refractivity contribution is 7.31. The van der Waals surface area contributed by atoms with E-state index in [1.165, 1.54) is 46.7 Å². The first-order valence-electron chi connectivity index (χ1n) is 15.5. The summed E-state index contributed by atoms with van der Waals surface area (Å²) < 4.78 is 28.4. The van der Waals surface area contributed by atoms with Crippen LogP contribution in [0.1, 0.15) is 32.9 Å². The van der Waals surface area contributed by atoms with Crippen molar-refractivity contribution < 1.29 is 13.3 Å². The van der Waals surface area contributed by atoms with Crippen molar-refractivity contribution in [1.29, 1.82) is 0 Å². The Morgan fingerprint density at radius 3 is 2.04 bits per heavy atom. The van der Waals surface area contributed by atoms with Crippen molar-refractivity contribution in [1.82, 2.24) is 9.13 Å². The van der Waals surface area contributed by atoms with Crippen LogP contribution in [0.4, 0.5) is 0 Å². The second-order valence-corrected chi connectivity index (χ2v) is 15.1. The molecule has 1 aliphatic carbocycles. The highest BCUT2D eigenvalue weighted by Crippen LogP contribution is 2.52. The van der Waals surface area contributed by atoms with Crippen LogP contribution in [0.5, 0.6) is 0 Å². The van der Waals surface area contributed by atoms with Crippen LogP contribution in [0, 0.1) is 27.7 Å². The third kappa shape index (κ3) is 3.09. The molecule has 0 bridgehead atoms. The molecule has 46 heavy (non-hydrogen) atoms. The van der Waals surface area contributed by atoms with Crippen molar-refractivity contribution in [2.24, 2.45) is 0 Å². The Bertz CT molecular complexity index is 2910. The average molecular weight is 635 g/mol. The maximum absolute atomic E-state index is 6.82. The van der Waals surface area contributed by atoms with E-state index in [1.807, 2.05) is 29.6 Å². The summed E-state index contributed by atoms with van der Waals surface area (Å²) in [7, 11) is 0. The number of hydrogen-bond donors (Lipinski definition) is 0. The first kappa shape index (κ1) is 25.2. The molecule has 0 fully saturated rings. The molecule has 0 saturated carbocycles. The minimum absolute atomic E-state index is 0.761. The monoisotopic (exact) mass is 634 g/mol. The smallest absolute Gasteiger partial charge is 0.170 e. The van der Waals surface area contributed by atoms with E-state index in [0.717, 1.165) is 79.1 Å². The van der Waals surface area contributed by atoms with Crippen LogP contribution < -0.4 is 0 Å². The second-order valence-electron chi connectivity index (χ2n) is 12.8. The number of benzene rings is 3. The van der Waals surface area contributed by atoms with Gasteiger partial charge in [0.1, 0.15) is 22.4 Å². The first-order chi connectivity index (χ1) is 22.4. The summed E-state index contributed by atoms with van der Waals surface area (Å²) in [5.41, 5.74) is 15.4. The highest BCUT2D eigenvalue weighted by atomic mass is 32.1. The van der Waals surface area contributed by atoms with Gasteiger partial charge < -0.3 is 22.4 Å². The predicted molar refractivity (Wildman–Crippen MR) is 190 cm³/mol. The summed E-state index contributed by atoms with van der Waals surface area (Å²) in [6.45, 7) is 8.46. The Morgan fingerprint density at radius 2 is 1.28 bits per heavy atom. The van der Waals surface area contributed by atoms with E-state index in [-0.39, 0.29) is 0 Å². The third-order valence-corrected chi connectivity index (χ3v) is 12.1. The third-order valence-electron chi connectivity index (χ3n) is 9.71. The maximum atomic E-state index is 6.82. The SMILES string of the molecule is Cc1ccc(-n2c3c(c4oc(C)cc42)Cc2c-3oc3cc4c(cc23)oc2c4sc3c4sc(C)cc4n(-c4ccc(C)cc4)c23)cc1. The van der Waals surface area contributed by atoms with E-state index in [0.29, 0.717) is 0 Å². The van der Waals surface area contributed by atoms with Crippen LogP contribution in [-0.4, -0.2) is 9.13 Å². The van der Waals surface area contributed by atoms with Gasteiger partial charge in [0.15, 0.2) is 16.9 Å². The van der Waals surface area contributed by atoms with E-state index >= 15 is 0 Å². The molecule has 3 aromatic carbocycles. The molecule has 7 heteroatoms. The predicted octanol–water partition coefficient (Wildman–Crippen LogP) is 11.9. The molecule has 10 aromatic rings. The van der Waals surface area contributed by atoms with Crippen molar-refractivity contribution in [2.75, 3.05) is 0 Å². The fourth-order valence-corrected chi connectivity index (χ4v) is 10.0. The molecule has 11 rings (SSSR count). The van der Waals surface area contributed by atoms with E-state index in [4.69, 9.17) is 13.3 Å². The number of thiophene rings is 2. The molecular formula is C39H26N2O3S2. The van der Waals surface area contributed by atoms with Gasteiger partial charge in [-0.15, -0.1) is 22.7 Å². The summed E-state index contributed by atoms with van der Waals surface area (Å²) >= 11 is 3.69. The molecule has 7 heterocycles. The standard InChI is InChI=1S/C39H26N2O3S2/c1-18-5-9-22(10-6-18)40-28-13-20(3)42-34(28)27-15-25-24-16-31-26(17-30(24)43-35(25)32(27)40)37-36(44-31)33-39(46-37)38-29(14-21(4)45-38)41(33)23-11-7-19(2)8-12-23/h5-14,16-17H,15H2,1-4H3. The lowest BCUT2D eigenvalue weighted by molar-refractivity contribution is 0.576. The van der Waals surface area contributed by atoms with Gasteiger partial charge in [-0.2, -0.15) is 0 Å². The quantitative estimate of drug-likeness (QED) is 0.190. The van der Waals surface area contributed by atoms with Crippen LogP contribution >= 0.6 is 22.7 Å². The Kier molecular flexibility index (Phi) is 4.63. The number of fused-ring (bicyclic) bond motifs is 14. The Balaban J connectivity index is 1.16. The zero-order chi connectivity index (χ0) is 30.6. The first-order valence-corrected chi connectivity index (χ1v) is 17.2. The van der Waals surface area contributed by atoms with Crippen LogP contribution in [-0.2, 0) is 6.42 Å². The topological polar surface area (TPSA) is 49.3 Å². The molecule has 0 atom stereocenters. The fraction of sp³-hybridized carbons (Fsp3) is 0.128. The van der Waals surface area contributed by atoms with Gasteiger partial charge in [-0.3, -0.25) is 0 Å². The van der Waals surface area contributed by atoms with E-state index in [2.05, 4.69) is 103 Å². The number of aryl methyl sites for hydroxylation is 4. The Labute approximate surface area is 270 Å². The summed E-state index contributed by atoms with van der Waals surface area (Å²) in [6, 6.07) is 26.3. The number of nitrogens with zero attached hydrogens (tertiary/aromatic N) is 2. The van der Waals surface area contributed by atoms with Crippen LogP contribution in [0.3, 0.4) is 0 Å². The molecule has 0 amide bonds.